The maximum atomic E-state index is 12.9. The quantitative estimate of drug-likeness (QED) is 0.242. The van der Waals surface area contributed by atoms with Crippen LogP contribution < -0.4 is 14.8 Å². The highest BCUT2D eigenvalue weighted by molar-refractivity contribution is 7.90. The zero-order chi connectivity index (χ0) is 25.5. The summed E-state index contributed by atoms with van der Waals surface area (Å²) in [6.07, 6.45) is 3.01. The molecule has 0 aliphatic rings. The number of nitrogens with one attached hydrogen (secondary N) is 2. The second-order valence-corrected chi connectivity index (χ2v) is 9.02. The fraction of sp³-hybridized carbons (Fsp3) is 0.0870. The summed E-state index contributed by atoms with van der Waals surface area (Å²) < 4.78 is 33.5. The van der Waals surface area contributed by atoms with Gasteiger partial charge >= 0.3 is 0 Å². The van der Waals surface area contributed by atoms with Gasteiger partial charge in [0.2, 0.25) is 0 Å². The minimum absolute atomic E-state index is 0.0232. The smallest absolute Gasteiger partial charge is 0.293 e. The molecule has 1 aromatic heterocycles. The number of rotatable bonds is 10. The van der Waals surface area contributed by atoms with Crippen LogP contribution in [-0.4, -0.2) is 40.8 Å². The predicted octanol–water partition coefficient (Wildman–Crippen LogP) is 3.21. The van der Waals surface area contributed by atoms with Crippen molar-refractivity contribution in [1.29, 1.82) is 0 Å². The van der Waals surface area contributed by atoms with Gasteiger partial charge in [0, 0.05) is 12.6 Å². The van der Waals surface area contributed by atoms with Crippen molar-refractivity contribution in [3.05, 3.63) is 101 Å². The number of carbonyl (C=O) groups excluding carboxylic acids is 1. The molecule has 3 aromatic carbocycles. The van der Waals surface area contributed by atoms with Crippen LogP contribution >= 0.6 is 0 Å². The Morgan fingerprint density at radius 2 is 1.69 bits per heavy atom. The molecule has 0 spiro atoms. The fourth-order valence-electron chi connectivity index (χ4n) is 3.22. The Morgan fingerprint density at radius 1 is 1.00 bits per heavy atom. The minimum atomic E-state index is -4.44. The first-order chi connectivity index (χ1) is 17.3. The maximum absolute atomic E-state index is 12.9. The summed E-state index contributed by atoms with van der Waals surface area (Å²) in [7, 11) is -4.44. The van der Waals surface area contributed by atoms with Crippen molar-refractivity contribution >= 4 is 27.3 Å². The molecule has 4 rings (SSSR count). The van der Waals surface area contributed by atoms with Gasteiger partial charge in [-0.1, -0.05) is 30.3 Å². The Bertz CT molecular complexity index is 1480. The van der Waals surface area contributed by atoms with Gasteiger partial charge in [0.1, 0.15) is 17.2 Å². The zero-order valence-corrected chi connectivity index (χ0v) is 19.5. The van der Waals surface area contributed by atoms with Gasteiger partial charge < -0.3 is 10.1 Å². The van der Waals surface area contributed by atoms with E-state index in [0.29, 0.717) is 12.3 Å². The molecule has 36 heavy (non-hydrogen) atoms. The Kier molecular flexibility index (Phi) is 7.20. The van der Waals surface area contributed by atoms with Gasteiger partial charge in [-0.05, 0) is 36.4 Å². The second-order valence-electron chi connectivity index (χ2n) is 7.33. The number of amides is 1. The lowest BCUT2D eigenvalue weighted by molar-refractivity contribution is -0.384. The van der Waals surface area contributed by atoms with Gasteiger partial charge in [0.05, 0.1) is 34.3 Å². The minimum Gasteiger partial charge on any atom is -0.457 e. The lowest BCUT2D eigenvalue weighted by atomic mass is 10.2. The second kappa shape index (κ2) is 10.7. The van der Waals surface area contributed by atoms with Crippen LogP contribution in [0.3, 0.4) is 0 Å². The van der Waals surface area contributed by atoms with Crippen molar-refractivity contribution < 1.29 is 22.9 Å². The molecule has 0 saturated carbocycles. The third-order valence-electron chi connectivity index (χ3n) is 4.90. The summed E-state index contributed by atoms with van der Waals surface area (Å²) in [6.45, 7) is 0.598. The van der Waals surface area contributed by atoms with Gasteiger partial charge in [-0.15, -0.1) is 0 Å². The number of hydrogen-bond acceptors (Lipinski definition) is 9. The van der Waals surface area contributed by atoms with E-state index in [1.54, 1.807) is 42.5 Å². The van der Waals surface area contributed by atoms with Crippen LogP contribution in [0.1, 0.15) is 10.4 Å². The van der Waals surface area contributed by atoms with Crippen molar-refractivity contribution in [3.8, 4) is 11.5 Å². The van der Waals surface area contributed by atoms with Gasteiger partial charge in [-0.3, -0.25) is 14.9 Å². The highest BCUT2D eigenvalue weighted by Gasteiger charge is 2.25. The molecular weight excluding hydrogens is 488 g/mol. The summed E-state index contributed by atoms with van der Waals surface area (Å²) in [5.41, 5.74) is -0.379. The van der Waals surface area contributed by atoms with Crippen molar-refractivity contribution in [1.82, 2.24) is 19.7 Å². The molecule has 4 aromatic rings. The number of para-hydroxylation sites is 2. The van der Waals surface area contributed by atoms with Gasteiger partial charge in [0.15, 0.2) is 0 Å². The van der Waals surface area contributed by atoms with E-state index in [4.69, 9.17) is 4.74 Å². The summed E-state index contributed by atoms with van der Waals surface area (Å²) in [5.74, 6) is -0.339. The third-order valence-corrected chi connectivity index (χ3v) is 6.23. The topological polar surface area (TPSA) is 158 Å². The first-order valence-electron chi connectivity index (χ1n) is 10.6. The first kappa shape index (κ1) is 24.3. The molecule has 0 aliphatic carbocycles. The van der Waals surface area contributed by atoms with E-state index < -0.39 is 31.4 Å². The first-order valence-corrected chi connectivity index (χ1v) is 12.1. The number of nitro benzene ring substituents is 1. The van der Waals surface area contributed by atoms with E-state index >= 15 is 0 Å². The van der Waals surface area contributed by atoms with E-state index in [-0.39, 0.29) is 23.5 Å². The number of nitrogens with zero attached hydrogens (tertiary/aromatic N) is 4. The summed E-state index contributed by atoms with van der Waals surface area (Å²) >= 11 is 0. The molecule has 2 N–H and O–H groups in total. The van der Waals surface area contributed by atoms with Gasteiger partial charge in [-0.25, -0.2) is 13.1 Å². The molecule has 0 unspecified atom stereocenters. The standard InChI is InChI=1S/C23H20N6O6S/c30-23(19-8-4-5-9-22(19)35-17-6-2-1-3-7-17)27-36(33,34)18-10-11-20(21(16-18)29(31)32)24-14-15-28-25-12-13-26-28/h1-13,16,24H,14-15H2,(H,27,30). The Balaban J connectivity index is 1.52. The Hall–Kier alpha value is -4.78. The summed E-state index contributed by atoms with van der Waals surface area (Å²) in [6, 6.07) is 18.1. The predicted molar refractivity (Wildman–Crippen MR) is 129 cm³/mol. The molecule has 0 aliphatic heterocycles. The molecule has 13 heteroatoms. The molecule has 0 bridgehead atoms. The Labute approximate surface area is 205 Å². The van der Waals surface area contributed by atoms with E-state index in [0.717, 1.165) is 6.07 Å². The zero-order valence-electron chi connectivity index (χ0n) is 18.6. The number of benzene rings is 3. The maximum Gasteiger partial charge on any atom is 0.293 e. The van der Waals surface area contributed by atoms with Crippen LogP contribution in [0.15, 0.2) is 90.1 Å². The van der Waals surface area contributed by atoms with Crippen LogP contribution in [0.4, 0.5) is 11.4 Å². The van der Waals surface area contributed by atoms with Crippen LogP contribution in [0.2, 0.25) is 0 Å². The molecule has 0 fully saturated rings. The average molecular weight is 509 g/mol. The molecular formula is C23H20N6O6S. The monoisotopic (exact) mass is 508 g/mol. The highest BCUT2D eigenvalue weighted by Crippen LogP contribution is 2.29. The summed E-state index contributed by atoms with van der Waals surface area (Å²) in [5, 5.41) is 22.3. The van der Waals surface area contributed by atoms with Crippen molar-refractivity contribution in [2.75, 3.05) is 11.9 Å². The van der Waals surface area contributed by atoms with E-state index in [1.807, 2.05) is 4.72 Å². The lowest BCUT2D eigenvalue weighted by Gasteiger charge is -2.12. The van der Waals surface area contributed by atoms with E-state index in [9.17, 15) is 23.3 Å². The molecule has 184 valence electrons. The SMILES string of the molecule is O=C(NS(=O)(=O)c1ccc(NCCn2nccn2)c([N+](=O)[O-])c1)c1ccccc1Oc1ccccc1. The van der Waals surface area contributed by atoms with Crippen LogP contribution in [0.25, 0.3) is 0 Å². The average Bonchev–Trinajstić information content (AvgIpc) is 3.38. The van der Waals surface area contributed by atoms with Crippen LogP contribution in [0.5, 0.6) is 11.5 Å². The fourth-order valence-corrected chi connectivity index (χ4v) is 4.21. The normalized spacial score (nSPS) is 11.0. The molecule has 1 heterocycles. The molecule has 0 atom stereocenters. The molecule has 1 amide bonds. The number of hydrogen-bond donors (Lipinski definition) is 2. The van der Waals surface area contributed by atoms with Crippen molar-refractivity contribution in [2.24, 2.45) is 0 Å². The third kappa shape index (κ3) is 5.82. The number of carbonyl (C=O) groups is 1. The number of ether oxygens (including phenoxy) is 1. The number of aromatic nitrogens is 3. The van der Waals surface area contributed by atoms with E-state index in [2.05, 4.69) is 15.5 Å². The van der Waals surface area contributed by atoms with Gasteiger partial charge in [-0.2, -0.15) is 15.0 Å². The molecule has 0 saturated heterocycles. The van der Waals surface area contributed by atoms with Crippen molar-refractivity contribution in [3.63, 3.8) is 0 Å². The lowest BCUT2D eigenvalue weighted by Crippen LogP contribution is -2.31. The van der Waals surface area contributed by atoms with Crippen LogP contribution in [-0.2, 0) is 16.6 Å². The van der Waals surface area contributed by atoms with E-state index in [1.165, 1.54) is 41.5 Å². The van der Waals surface area contributed by atoms with Crippen molar-refractivity contribution in [2.45, 2.75) is 11.4 Å². The summed E-state index contributed by atoms with van der Waals surface area (Å²) in [4.78, 5) is 24.7. The number of anilines is 1. The number of nitro groups is 1. The van der Waals surface area contributed by atoms with Crippen LogP contribution in [0, 0.1) is 10.1 Å². The molecule has 0 radical (unpaired) electrons. The van der Waals surface area contributed by atoms with Gasteiger partial charge in [0.25, 0.3) is 21.6 Å². The molecule has 12 nitrogen and oxygen atoms in total. The highest BCUT2D eigenvalue weighted by atomic mass is 32.2. The largest absolute Gasteiger partial charge is 0.457 e. The Morgan fingerprint density at radius 3 is 2.42 bits per heavy atom. The number of sulfonamides is 1.